The van der Waals surface area contributed by atoms with Crippen LogP contribution in [0.4, 0.5) is 0 Å². The Morgan fingerprint density at radius 1 is 1.23 bits per heavy atom. The first-order valence-corrected chi connectivity index (χ1v) is 9.24. The summed E-state index contributed by atoms with van der Waals surface area (Å²) in [5.41, 5.74) is 2.20. The fourth-order valence-electron chi connectivity index (χ4n) is 3.84. The highest BCUT2D eigenvalue weighted by molar-refractivity contribution is 5.83. The molecule has 140 valence electrons. The topological polar surface area (TPSA) is 61.6 Å². The largest absolute Gasteiger partial charge is 0.394 e. The number of amides is 1. The minimum absolute atomic E-state index is 0.0909. The number of hydrogen-bond acceptors (Lipinski definition) is 4. The number of carbonyl (C=O) groups is 1. The van der Waals surface area contributed by atoms with Gasteiger partial charge in [-0.2, -0.15) is 5.10 Å². The Balaban J connectivity index is 1.67. The maximum Gasteiger partial charge on any atom is 0.244 e. The van der Waals surface area contributed by atoms with E-state index in [2.05, 4.69) is 5.10 Å². The van der Waals surface area contributed by atoms with Gasteiger partial charge in [0.25, 0.3) is 0 Å². The van der Waals surface area contributed by atoms with Gasteiger partial charge in [0, 0.05) is 30.9 Å². The van der Waals surface area contributed by atoms with Crippen molar-refractivity contribution in [3.63, 3.8) is 0 Å². The zero-order valence-electron chi connectivity index (χ0n) is 15.6. The number of aliphatic hydroxyl groups excluding tert-OH is 1. The number of nitrogens with zero attached hydrogens (tertiary/aromatic N) is 4. The van der Waals surface area contributed by atoms with Gasteiger partial charge in [0.2, 0.25) is 5.91 Å². The average Bonchev–Trinajstić information content (AvgIpc) is 3.11. The zero-order valence-corrected chi connectivity index (χ0v) is 15.6. The third-order valence-corrected chi connectivity index (χ3v) is 5.15. The van der Waals surface area contributed by atoms with E-state index in [1.807, 2.05) is 65.0 Å². The summed E-state index contributed by atoms with van der Waals surface area (Å²) in [7, 11) is 3.91. The Bertz CT molecular complexity index is 706. The Kier molecular flexibility index (Phi) is 6.06. The molecular weight excluding hydrogens is 328 g/mol. The molecule has 0 saturated carbocycles. The third kappa shape index (κ3) is 3.97. The monoisotopic (exact) mass is 356 g/mol. The lowest BCUT2D eigenvalue weighted by Gasteiger charge is -2.36. The van der Waals surface area contributed by atoms with Crippen molar-refractivity contribution >= 4 is 5.91 Å². The fourth-order valence-corrected chi connectivity index (χ4v) is 3.84. The van der Waals surface area contributed by atoms with Crippen LogP contribution in [0.15, 0.2) is 42.6 Å². The molecule has 1 saturated heterocycles. The van der Waals surface area contributed by atoms with E-state index < -0.39 is 0 Å². The Hall–Kier alpha value is -2.18. The van der Waals surface area contributed by atoms with Crippen LogP contribution in [-0.4, -0.2) is 64.4 Å². The minimum atomic E-state index is -0.243. The maximum absolute atomic E-state index is 13.1. The van der Waals surface area contributed by atoms with Gasteiger partial charge < -0.3 is 10.0 Å². The molecule has 0 aliphatic carbocycles. The van der Waals surface area contributed by atoms with Crippen molar-refractivity contribution in [2.45, 2.75) is 31.3 Å². The van der Waals surface area contributed by atoms with Gasteiger partial charge in [-0.1, -0.05) is 30.3 Å². The number of likely N-dealkylation sites (N-methyl/N-ethyl adjacent to an activating group) is 1. The van der Waals surface area contributed by atoms with Gasteiger partial charge in [-0.25, -0.2) is 0 Å². The van der Waals surface area contributed by atoms with Crippen molar-refractivity contribution < 1.29 is 9.90 Å². The number of likely N-dealkylation sites (tertiary alicyclic amines) is 1. The highest BCUT2D eigenvalue weighted by Crippen LogP contribution is 2.30. The number of rotatable bonds is 6. The number of hydrogen-bond donors (Lipinski definition) is 1. The van der Waals surface area contributed by atoms with Crippen LogP contribution in [0.5, 0.6) is 0 Å². The van der Waals surface area contributed by atoms with Crippen LogP contribution >= 0.6 is 0 Å². The van der Waals surface area contributed by atoms with Crippen molar-refractivity contribution in [1.82, 2.24) is 19.6 Å². The van der Waals surface area contributed by atoms with E-state index in [4.69, 9.17) is 0 Å². The quantitative estimate of drug-likeness (QED) is 0.859. The third-order valence-electron chi connectivity index (χ3n) is 5.15. The minimum Gasteiger partial charge on any atom is -0.394 e. The number of benzene rings is 1. The first-order chi connectivity index (χ1) is 12.6. The highest BCUT2D eigenvalue weighted by atomic mass is 16.3. The summed E-state index contributed by atoms with van der Waals surface area (Å²) < 4.78 is 1.88. The van der Waals surface area contributed by atoms with Crippen LogP contribution in [0.25, 0.3) is 0 Å². The molecule has 1 unspecified atom stereocenters. The zero-order chi connectivity index (χ0) is 18.5. The summed E-state index contributed by atoms with van der Waals surface area (Å²) in [4.78, 5) is 17.1. The molecule has 1 fully saturated rings. The molecule has 1 aromatic heterocycles. The molecule has 6 nitrogen and oxygen atoms in total. The van der Waals surface area contributed by atoms with E-state index in [0.717, 1.165) is 31.5 Å². The van der Waals surface area contributed by atoms with E-state index >= 15 is 0 Å². The van der Waals surface area contributed by atoms with Gasteiger partial charge in [0.1, 0.15) is 6.04 Å². The molecule has 26 heavy (non-hydrogen) atoms. The number of aliphatic hydroxyl groups is 1. The number of carbonyl (C=O) groups excluding carboxylic acids is 1. The van der Waals surface area contributed by atoms with E-state index in [-0.39, 0.29) is 18.6 Å². The number of piperidine rings is 1. The second-order valence-corrected chi connectivity index (χ2v) is 7.08. The molecule has 1 N–H and O–H groups in total. The van der Waals surface area contributed by atoms with E-state index in [9.17, 15) is 9.90 Å². The lowest BCUT2D eigenvalue weighted by atomic mass is 9.92. The molecule has 6 heteroatoms. The molecule has 0 bridgehead atoms. The summed E-state index contributed by atoms with van der Waals surface area (Å²) >= 11 is 0. The molecule has 0 radical (unpaired) electrons. The van der Waals surface area contributed by atoms with Crippen LogP contribution in [-0.2, 0) is 11.3 Å². The molecule has 1 atom stereocenters. The second-order valence-electron chi connectivity index (χ2n) is 7.08. The van der Waals surface area contributed by atoms with Gasteiger partial charge in [-0.3, -0.25) is 14.4 Å². The summed E-state index contributed by atoms with van der Waals surface area (Å²) in [6.45, 7) is 2.13. The Morgan fingerprint density at radius 3 is 2.54 bits per heavy atom. The normalized spacial score (nSPS) is 16.8. The molecule has 2 aromatic rings. The van der Waals surface area contributed by atoms with Crippen LogP contribution in [0.2, 0.25) is 0 Å². The molecule has 1 aliphatic rings. The molecule has 2 heterocycles. The summed E-state index contributed by atoms with van der Waals surface area (Å²) in [5.74, 6) is 0.561. The molecule has 1 amide bonds. The predicted octanol–water partition coefficient (Wildman–Crippen LogP) is 1.88. The Labute approximate surface area is 155 Å². The second kappa shape index (κ2) is 8.47. The van der Waals surface area contributed by atoms with Crippen molar-refractivity contribution in [3.05, 3.63) is 53.9 Å². The molecular formula is C20H28N4O2. The van der Waals surface area contributed by atoms with Gasteiger partial charge in [0.05, 0.1) is 13.2 Å². The van der Waals surface area contributed by atoms with Crippen LogP contribution in [0.3, 0.4) is 0 Å². The number of aromatic nitrogens is 2. The standard InChI is InChI=1S/C20H28N4O2/c1-22(2)19(17-6-4-3-5-7-17)20(26)23-12-9-16(10-13-23)18-8-11-21-24(18)14-15-25/h3-8,11,16,19,25H,9-10,12-15H2,1-2H3. The smallest absolute Gasteiger partial charge is 0.244 e. The molecule has 0 spiro atoms. The SMILES string of the molecule is CN(C)C(C(=O)N1CCC(c2ccnn2CCO)CC1)c1ccccc1. The van der Waals surface area contributed by atoms with Gasteiger partial charge >= 0.3 is 0 Å². The van der Waals surface area contributed by atoms with Crippen molar-refractivity contribution in [2.75, 3.05) is 33.8 Å². The van der Waals surface area contributed by atoms with Crippen LogP contribution in [0.1, 0.15) is 36.1 Å². The van der Waals surface area contributed by atoms with Gasteiger partial charge in [-0.15, -0.1) is 0 Å². The summed E-state index contributed by atoms with van der Waals surface area (Å²) in [6.07, 6.45) is 3.65. The lowest BCUT2D eigenvalue weighted by Crippen LogP contribution is -2.44. The van der Waals surface area contributed by atoms with E-state index in [1.165, 1.54) is 5.69 Å². The summed E-state index contributed by atoms with van der Waals surface area (Å²) in [6, 6.07) is 11.8. The maximum atomic E-state index is 13.1. The van der Waals surface area contributed by atoms with Crippen LogP contribution < -0.4 is 0 Å². The molecule has 3 rings (SSSR count). The summed E-state index contributed by atoms with van der Waals surface area (Å²) in [5, 5.41) is 13.5. The predicted molar refractivity (Wildman–Crippen MR) is 101 cm³/mol. The average molecular weight is 356 g/mol. The van der Waals surface area contributed by atoms with Gasteiger partial charge in [-0.05, 0) is 38.6 Å². The van der Waals surface area contributed by atoms with E-state index in [1.54, 1.807) is 6.20 Å². The van der Waals surface area contributed by atoms with Crippen molar-refractivity contribution in [3.8, 4) is 0 Å². The molecule has 1 aliphatic heterocycles. The lowest BCUT2D eigenvalue weighted by molar-refractivity contribution is -0.137. The fraction of sp³-hybridized carbons (Fsp3) is 0.500. The first kappa shape index (κ1) is 18.6. The first-order valence-electron chi connectivity index (χ1n) is 9.24. The Morgan fingerprint density at radius 2 is 1.92 bits per heavy atom. The van der Waals surface area contributed by atoms with Crippen LogP contribution in [0, 0.1) is 0 Å². The highest BCUT2D eigenvalue weighted by Gasteiger charge is 2.31. The van der Waals surface area contributed by atoms with E-state index in [0.29, 0.717) is 12.5 Å². The molecule has 1 aromatic carbocycles. The van der Waals surface area contributed by atoms with Crippen molar-refractivity contribution in [2.24, 2.45) is 0 Å². The van der Waals surface area contributed by atoms with Crippen molar-refractivity contribution in [1.29, 1.82) is 0 Å². The van der Waals surface area contributed by atoms with Gasteiger partial charge in [0.15, 0.2) is 0 Å².